The van der Waals surface area contributed by atoms with E-state index in [2.05, 4.69) is 10.4 Å². The minimum absolute atomic E-state index is 0. The van der Waals surface area contributed by atoms with E-state index in [0.717, 1.165) is 32.0 Å². The lowest BCUT2D eigenvalue weighted by molar-refractivity contribution is -0.138. The molecule has 0 aromatic heterocycles. The van der Waals surface area contributed by atoms with E-state index >= 15 is 0 Å². The van der Waals surface area contributed by atoms with Gasteiger partial charge in [0.15, 0.2) is 0 Å². The van der Waals surface area contributed by atoms with Gasteiger partial charge in [0, 0.05) is 24.6 Å². The number of hydrogen-bond donors (Lipinski definition) is 1. The molecule has 1 amide bonds. The van der Waals surface area contributed by atoms with Crippen molar-refractivity contribution in [3.05, 3.63) is 35.4 Å². The van der Waals surface area contributed by atoms with Crippen molar-refractivity contribution in [1.29, 1.82) is 0 Å². The van der Waals surface area contributed by atoms with E-state index in [1.807, 2.05) is 0 Å². The molecular formula is C15H18ClF2N3O. The van der Waals surface area contributed by atoms with Crippen LogP contribution in [0.5, 0.6) is 0 Å². The number of piperidine rings is 1. The van der Waals surface area contributed by atoms with Gasteiger partial charge in [-0.05, 0) is 43.6 Å². The molecule has 0 spiro atoms. The molecule has 0 bridgehead atoms. The highest BCUT2D eigenvalue weighted by Crippen LogP contribution is 2.31. The molecule has 1 aromatic rings. The predicted octanol–water partition coefficient (Wildman–Crippen LogP) is 2.65. The number of amides is 1. The molecule has 0 radical (unpaired) electrons. The van der Waals surface area contributed by atoms with Gasteiger partial charge in [-0.2, -0.15) is 5.10 Å². The zero-order valence-electron chi connectivity index (χ0n) is 12.0. The van der Waals surface area contributed by atoms with Crippen molar-refractivity contribution in [3.8, 4) is 0 Å². The lowest BCUT2D eigenvalue weighted by Gasteiger charge is -2.28. The summed E-state index contributed by atoms with van der Waals surface area (Å²) in [6.07, 6.45) is 3.66. The summed E-state index contributed by atoms with van der Waals surface area (Å²) >= 11 is 0. The van der Waals surface area contributed by atoms with E-state index in [9.17, 15) is 13.6 Å². The Kier molecular flexibility index (Phi) is 5.47. The number of nitrogens with zero attached hydrogens (tertiary/aromatic N) is 2. The molecular weight excluding hydrogens is 312 g/mol. The second-order valence-electron chi connectivity index (χ2n) is 5.46. The van der Waals surface area contributed by atoms with Crippen LogP contribution in [0, 0.1) is 17.6 Å². The maximum absolute atomic E-state index is 13.4. The Morgan fingerprint density at radius 3 is 2.45 bits per heavy atom. The Morgan fingerprint density at radius 2 is 1.82 bits per heavy atom. The Morgan fingerprint density at radius 1 is 1.18 bits per heavy atom. The normalized spacial score (nSPS) is 21.7. The molecule has 1 aromatic carbocycles. The Bertz CT molecular complexity index is 556. The summed E-state index contributed by atoms with van der Waals surface area (Å²) in [6.45, 7) is 1.63. The van der Waals surface area contributed by atoms with Crippen LogP contribution in [0.15, 0.2) is 23.3 Å². The fourth-order valence-electron chi connectivity index (χ4n) is 2.93. The molecule has 0 aliphatic carbocycles. The van der Waals surface area contributed by atoms with Gasteiger partial charge in [0.05, 0.1) is 6.04 Å². The van der Waals surface area contributed by atoms with Crippen molar-refractivity contribution in [2.45, 2.75) is 25.3 Å². The second-order valence-corrected chi connectivity index (χ2v) is 5.46. The van der Waals surface area contributed by atoms with Crippen molar-refractivity contribution in [1.82, 2.24) is 10.3 Å². The maximum Gasteiger partial charge on any atom is 0.246 e. The largest absolute Gasteiger partial charge is 0.317 e. The number of nitrogens with one attached hydrogen (secondary N) is 1. The van der Waals surface area contributed by atoms with E-state index in [-0.39, 0.29) is 24.2 Å². The van der Waals surface area contributed by atoms with Crippen LogP contribution in [-0.2, 0) is 4.79 Å². The van der Waals surface area contributed by atoms with Crippen LogP contribution in [0.4, 0.5) is 8.78 Å². The van der Waals surface area contributed by atoms with Gasteiger partial charge in [-0.1, -0.05) is 0 Å². The molecule has 2 heterocycles. The van der Waals surface area contributed by atoms with Crippen LogP contribution < -0.4 is 5.32 Å². The first kappa shape index (κ1) is 16.8. The highest BCUT2D eigenvalue weighted by Gasteiger charge is 2.33. The van der Waals surface area contributed by atoms with Gasteiger partial charge >= 0.3 is 0 Å². The van der Waals surface area contributed by atoms with Crippen molar-refractivity contribution >= 4 is 24.5 Å². The number of carbonyl (C=O) groups is 1. The highest BCUT2D eigenvalue weighted by atomic mass is 35.5. The fraction of sp³-hybridized carbons (Fsp3) is 0.467. The zero-order chi connectivity index (χ0) is 14.8. The molecule has 22 heavy (non-hydrogen) atoms. The second kappa shape index (κ2) is 7.15. The standard InChI is InChI=1S/C15H17F2N3O.ClH/c16-12-7-11(8-13(17)9-12)14-3-6-19-20(14)15(21)10-1-4-18-5-2-10;/h6-10,14,18H,1-5H2;1H. The summed E-state index contributed by atoms with van der Waals surface area (Å²) in [7, 11) is 0. The Hall–Kier alpha value is -1.53. The van der Waals surface area contributed by atoms with Crippen LogP contribution in [0.2, 0.25) is 0 Å². The molecule has 1 fully saturated rings. The third kappa shape index (κ3) is 3.44. The third-order valence-corrected chi connectivity index (χ3v) is 4.01. The van der Waals surface area contributed by atoms with Crippen LogP contribution in [0.3, 0.4) is 0 Å². The van der Waals surface area contributed by atoms with E-state index in [0.29, 0.717) is 12.0 Å². The molecule has 2 aliphatic rings. The Balaban J connectivity index is 0.00000176. The quantitative estimate of drug-likeness (QED) is 0.906. The number of carbonyl (C=O) groups excluding carboxylic acids is 1. The van der Waals surface area contributed by atoms with Gasteiger partial charge in [-0.25, -0.2) is 13.8 Å². The molecule has 1 unspecified atom stereocenters. The molecule has 1 atom stereocenters. The molecule has 2 aliphatic heterocycles. The van der Waals surface area contributed by atoms with Crippen LogP contribution in [0.1, 0.15) is 30.9 Å². The van der Waals surface area contributed by atoms with Gasteiger partial charge in [0.2, 0.25) is 5.91 Å². The average molecular weight is 330 g/mol. The van der Waals surface area contributed by atoms with Gasteiger partial charge in [0.1, 0.15) is 11.6 Å². The van der Waals surface area contributed by atoms with Crippen LogP contribution in [0.25, 0.3) is 0 Å². The van der Waals surface area contributed by atoms with Gasteiger partial charge in [0.25, 0.3) is 0 Å². The summed E-state index contributed by atoms with van der Waals surface area (Å²) in [5, 5.41) is 8.72. The first-order chi connectivity index (χ1) is 10.1. The molecule has 7 heteroatoms. The van der Waals surface area contributed by atoms with E-state index in [4.69, 9.17) is 0 Å². The summed E-state index contributed by atoms with van der Waals surface area (Å²) in [5.74, 6) is -1.39. The van der Waals surface area contributed by atoms with Gasteiger partial charge in [-0.3, -0.25) is 4.79 Å². The lowest BCUT2D eigenvalue weighted by Crippen LogP contribution is -2.39. The lowest BCUT2D eigenvalue weighted by atomic mass is 9.95. The first-order valence-corrected chi connectivity index (χ1v) is 7.17. The average Bonchev–Trinajstić information content (AvgIpc) is 2.96. The molecule has 0 saturated carbocycles. The van der Waals surface area contributed by atoms with Crippen molar-refractivity contribution in [2.75, 3.05) is 13.1 Å². The van der Waals surface area contributed by atoms with Crippen molar-refractivity contribution in [3.63, 3.8) is 0 Å². The topological polar surface area (TPSA) is 44.7 Å². The summed E-state index contributed by atoms with van der Waals surface area (Å²) in [6, 6.07) is 2.96. The smallest absolute Gasteiger partial charge is 0.246 e. The van der Waals surface area contributed by atoms with E-state index in [1.165, 1.54) is 17.1 Å². The number of halogens is 3. The van der Waals surface area contributed by atoms with Crippen LogP contribution >= 0.6 is 12.4 Å². The van der Waals surface area contributed by atoms with Gasteiger partial charge in [-0.15, -0.1) is 12.4 Å². The number of hydrazone groups is 1. The maximum atomic E-state index is 13.4. The monoisotopic (exact) mass is 329 g/mol. The minimum Gasteiger partial charge on any atom is -0.317 e. The predicted molar refractivity (Wildman–Crippen MR) is 81.9 cm³/mol. The number of hydrogen-bond acceptors (Lipinski definition) is 3. The number of rotatable bonds is 2. The number of benzene rings is 1. The van der Waals surface area contributed by atoms with Crippen LogP contribution in [-0.4, -0.2) is 30.2 Å². The SMILES string of the molecule is Cl.O=C(C1CCNCC1)N1N=CCC1c1cc(F)cc(F)c1. The molecule has 4 nitrogen and oxygen atoms in total. The third-order valence-electron chi connectivity index (χ3n) is 4.01. The zero-order valence-corrected chi connectivity index (χ0v) is 12.8. The molecule has 1 saturated heterocycles. The summed E-state index contributed by atoms with van der Waals surface area (Å²) in [5.41, 5.74) is 0.451. The van der Waals surface area contributed by atoms with E-state index < -0.39 is 17.7 Å². The summed E-state index contributed by atoms with van der Waals surface area (Å²) in [4.78, 5) is 12.6. The summed E-state index contributed by atoms with van der Waals surface area (Å²) < 4.78 is 26.7. The molecule has 1 N–H and O–H groups in total. The van der Waals surface area contributed by atoms with Crippen molar-refractivity contribution in [2.24, 2.45) is 11.0 Å². The van der Waals surface area contributed by atoms with Crippen molar-refractivity contribution < 1.29 is 13.6 Å². The molecule has 3 rings (SSSR count). The van der Waals surface area contributed by atoms with E-state index in [1.54, 1.807) is 6.21 Å². The fourth-order valence-corrected chi connectivity index (χ4v) is 2.93. The Labute approximate surface area is 134 Å². The minimum atomic E-state index is -0.633. The first-order valence-electron chi connectivity index (χ1n) is 7.17. The van der Waals surface area contributed by atoms with Gasteiger partial charge < -0.3 is 5.32 Å². The molecule has 120 valence electrons. The highest BCUT2D eigenvalue weighted by molar-refractivity contribution is 5.85.